The maximum Gasteiger partial charge on any atom is 0.337 e. The van der Waals surface area contributed by atoms with Gasteiger partial charge >= 0.3 is 5.97 Å². The molecular weight excluding hydrogens is 420 g/mol. The molecular formula is C21H26N4O5S. The zero-order valence-corrected chi connectivity index (χ0v) is 18.3. The summed E-state index contributed by atoms with van der Waals surface area (Å²) in [6.45, 7) is 4.54. The van der Waals surface area contributed by atoms with Gasteiger partial charge in [-0.1, -0.05) is 17.7 Å². The number of hydrogen-bond donors (Lipinski definition) is 3. The standard InChI is InChI=1S/C21H26N4O5S/c1-15-3-5-16(6-4-15)22-20(26)14-24-9-11-25(12-10-24)19-8-7-17(23-31(2,29)30)13-18(19)21(27)28/h3-8,13,23H,9-12,14H2,1-2H3,(H,22,26)(H,27,28). The van der Waals surface area contributed by atoms with Gasteiger partial charge in [-0.2, -0.15) is 0 Å². The van der Waals surface area contributed by atoms with Gasteiger partial charge in [0.1, 0.15) is 0 Å². The summed E-state index contributed by atoms with van der Waals surface area (Å²) in [6, 6.07) is 12.1. The Morgan fingerprint density at radius 3 is 2.19 bits per heavy atom. The molecule has 1 saturated heterocycles. The Balaban J connectivity index is 1.60. The summed E-state index contributed by atoms with van der Waals surface area (Å²) in [4.78, 5) is 28.0. The highest BCUT2D eigenvalue weighted by Crippen LogP contribution is 2.26. The van der Waals surface area contributed by atoms with Gasteiger partial charge in [0.05, 0.1) is 24.1 Å². The average Bonchev–Trinajstić information content (AvgIpc) is 2.69. The quantitative estimate of drug-likeness (QED) is 0.594. The fraction of sp³-hybridized carbons (Fsp3) is 0.333. The van der Waals surface area contributed by atoms with E-state index < -0.39 is 16.0 Å². The van der Waals surface area contributed by atoms with Gasteiger partial charge in [0.25, 0.3) is 0 Å². The molecule has 0 unspecified atom stereocenters. The van der Waals surface area contributed by atoms with Crippen molar-refractivity contribution in [2.45, 2.75) is 6.92 Å². The molecule has 2 aromatic carbocycles. The van der Waals surface area contributed by atoms with Crippen molar-refractivity contribution in [1.82, 2.24) is 4.90 Å². The molecule has 0 radical (unpaired) electrons. The number of nitrogens with zero attached hydrogens (tertiary/aromatic N) is 2. The lowest BCUT2D eigenvalue weighted by Crippen LogP contribution is -2.49. The second kappa shape index (κ2) is 9.36. The van der Waals surface area contributed by atoms with Crippen molar-refractivity contribution in [3.63, 3.8) is 0 Å². The molecule has 2 aromatic rings. The minimum absolute atomic E-state index is 0.0271. The van der Waals surface area contributed by atoms with Crippen LogP contribution in [0.3, 0.4) is 0 Å². The Morgan fingerprint density at radius 2 is 1.61 bits per heavy atom. The van der Waals surface area contributed by atoms with Crippen LogP contribution in [0, 0.1) is 6.92 Å². The van der Waals surface area contributed by atoms with E-state index in [9.17, 15) is 23.1 Å². The summed E-state index contributed by atoms with van der Waals surface area (Å²) in [7, 11) is -3.50. The van der Waals surface area contributed by atoms with Crippen molar-refractivity contribution < 1.29 is 23.1 Å². The van der Waals surface area contributed by atoms with Gasteiger partial charge in [0.15, 0.2) is 0 Å². The predicted molar refractivity (Wildman–Crippen MR) is 120 cm³/mol. The highest BCUT2D eigenvalue weighted by atomic mass is 32.2. The zero-order valence-electron chi connectivity index (χ0n) is 17.5. The van der Waals surface area contributed by atoms with E-state index in [0.29, 0.717) is 31.9 Å². The van der Waals surface area contributed by atoms with E-state index in [2.05, 4.69) is 10.0 Å². The summed E-state index contributed by atoms with van der Waals surface area (Å²) < 4.78 is 25.1. The van der Waals surface area contributed by atoms with E-state index in [1.807, 2.05) is 41.0 Å². The first-order chi connectivity index (χ1) is 14.6. The smallest absolute Gasteiger partial charge is 0.337 e. The Bertz CT molecular complexity index is 1060. The Labute approximate surface area is 181 Å². The zero-order chi connectivity index (χ0) is 22.6. The lowest BCUT2D eigenvalue weighted by atomic mass is 10.1. The van der Waals surface area contributed by atoms with Gasteiger partial charge < -0.3 is 15.3 Å². The van der Waals surface area contributed by atoms with Crippen LogP contribution in [0.5, 0.6) is 0 Å². The van der Waals surface area contributed by atoms with Crippen molar-refractivity contribution in [3.05, 3.63) is 53.6 Å². The van der Waals surface area contributed by atoms with Crippen LogP contribution < -0.4 is 14.9 Å². The monoisotopic (exact) mass is 446 g/mol. The molecule has 3 N–H and O–H groups in total. The Kier molecular flexibility index (Phi) is 6.81. The number of anilines is 3. The number of hydrogen-bond acceptors (Lipinski definition) is 6. The number of piperazine rings is 1. The van der Waals surface area contributed by atoms with Gasteiger partial charge in [-0.15, -0.1) is 0 Å². The van der Waals surface area contributed by atoms with Crippen molar-refractivity contribution in [3.8, 4) is 0 Å². The van der Waals surface area contributed by atoms with E-state index in [1.54, 1.807) is 12.1 Å². The second-order valence-corrected chi connectivity index (χ2v) is 9.34. The predicted octanol–water partition coefficient (Wildman–Crippen LogP) is 1.83. The third-order valence-corrected chi connectivity index (χ3v) is 5.55. The fourth-order valence-corrected chi connectivity index (χ4v) is 4.00. The van der Waals surface area contributed by atoms with Gasteiger partial charge in [0, 0.05) is 37.6 Å². The van der Waals surface area contributed by atoms with Crippen LogP contribution in [-0.2, 0) is 14.8 Å². The number of rotatable bonds is 7. The molecule has 0 saturated carbocycles. The molecule has 0 aromatic heterocycles. The highest BCUT2D eigenvalue weighted by molar-refractivity contribution is 7.92. The van der Waals surface area contributed by atoms with E-state index in [0.717, 1.165) is 17.5 Å². The first-order valence-corrected chi connectivity index (χ1v) is 11.7. The largest absolute Gasteiger partial charge is 0.478 e. The maximum atomic E-state index is 12.3. The molecule has 1 aliphatic heterocycles. The number of carboxylic acids is 1. The summed E-state index contributed by atoms with van der Waals surface area (Å²) in [6.07, 6.45) is 1.01. The van der Waals surface area contributed by atoms with Gasteiger partial charge in [-0.3, -0.25) is 14.4 Å². The van der Waals surface area contributed by atoms with Crippen LogP contribution >= 0.6 is 0 Å². The van der Waals surface area contributed by atoms with Crippen LogP contribution in [0.1, 0.15) is 15.9 Å². The summed E-state index contributed by atoms with van der Waals surface area (Å²) in [5.41, 5.74) is 2.63. The van der Waals surface area contributed by atoms with Crippen molar-refractivity contribution in [1.29, 1.82) is 0 Å². The van der Waals surface area contributed by atoms with E-state index in [1.165, 1.54) is 6.07 Å². The number of carbonyl (C=O) groups is 2. The minimum Gasteiger partial charge on any atom is -0.478 e. The maximum absolute atomic E-state index is 12.3. The van der Waals surface area contributed by atoms with Crippen LogP contribution in [0.15, 0.2) is 42.5 Å². The molecule has 1 aliphatic rings. The molecule has 0 atom stereocenters. The minimum atomic E-state index is -3.50. The average molecular weight is 447 g/mol. The molecule has 0 aliphatic carbocycles. The first kappa shape index (κ1) is 22.6. The number of benzene rings is 2. The molecule has 10 heteroatoms. The van der Waals surface area contributed by atoms with Crippen LogP contribution in [0.25, 0.3) is 0 Å². The normalized spacial score (nSPS) is 14.8. The molecule has 1 heterocycles. The third kappa shape index (κ3) is 6.43. The summed E-state index contributed by atoms with van der Waals surface area (Å²) in [5, 5.41) is 12.5. The third-order valence-electron chi connectivity index (χ3n) is 4.95. The van der Waals surface area contributed by atoms with Crippen molar-refractivity contribution >= 4 is 39.0 Å². The van der Waals surface area contributed by atoms with Crippen LogP contribution in [-0.4, -0.2) is 69.3 Å². The van der Waals surface area contributed by atoms with E-state index in [4.69, 9.17) is 0 Å². The van der Waals surface area contributed by atoms with Crippen LogP contribution in [0.4, 0.5) is 17.1 Å². The molecule has 0 bridgehead atoms. The number of amides is 1. The molecule has 31 heavy (non-hydrogen) atoms. The van der Waals surface area contributed by atoms with E-state index in [-0.39, 0.29) is 23.7 Å². The van der Waals surface area contributed by atoms with Crippen molar-refractivity contribution in [2.24, 2.45) is 0 Å². The lowest BCUT2D eigenvalue weighted by Gasteiger charge is -2.36. The van der Waals surface area contributed by atoms with Gasteiger partial charge in [-0.25, -0.2) is 13.2 Å². The molecule has 1 amide bonds. The van der Waals surface area contributed by atoms with Crippen LogP contribution in [0.2, 0.25) is 0 Å². The lowest BCUT2D eigenvalue weighted by molar-refractivity contribution is -0.117. The second-order valence-electron chi connectivity index (χ2n) is 7.59. The molecule has 9 nitrogen and oxygen atoms in total. The molecule has 166 valence electrons. The summed E-state index contributed by atoms with van der Waals surface area (Å²) >= 11 is 0. The number of nitrogens with one attached hydrogen (secondary N) is 2. The van der Waals surface area contributed by atoms with E-state index >= 15 is 0 Å². The number of carbonyl (C=O) groups excluding carboxylic acids is 1. The van der Waals surface area contributed by atoms with Gasteiger partial charge in [0.2, 0.25) is 15.9 Å². The number of aryl methyl sites for hydroxylation is 1. The van der Waals surface area contributed by atoms with Crippen molar-refractivity contribution in [2.75, 3.05) is 53.9 Å². The SMILES string of the molecule is Cc1ccc(NC(=O)CN2CCN(c3ccc(NS(C)(=O)=O)cc3C(=O)O)CC2)cc1. The topological polar surface area (TPSA) is 119 Å². The summed E-state index contributed by atoms with van der Waals surface area (Å²) in [5.74, 6) is -1.23. The number of carboxylic acid groups (broad SMARTS) is 1. The Hall–Kier alpha value is -3.11. The number of sulfonamides is 1. The number of aromatic carboxylic acids is 1. The Morgan fingerprint density at radius 1 is 1.00 bits per heavy atom. The van der Waals surface area contributed by atoms with Gasteiger partial charge in [-0.05, 0) is 37.3 Å². The fourth-order valence-electron chi connectivity index (χ4n) is 3.45. The highest BCUT2D eigenvalue weighted by Gasteiger charge is 2.23. The molecule has 3 rings (SSSR count). The first-order valence-electron chi connectivity index (χ1n) is 9.80. The molecule has 0 spiro atoms. The molecule has 1 fully saturated rings.